The van der Waals surface area contributed by atoms with Crippen LogP contribution < -0.4 is 10.1 Å². The van der Waals surface area contributed by atoms with Crippen LogP contribution in [0.1, 0.15) is 21.6 Å². The number of rotatable bonds is 6. The molecule has 0 spiro atoms. The number of aryl methyl sites for hydroxylation is 2. The van der Waals surface area contributed by atoms with Crippen LogP contribution >= 0.6 is 0 Å². The zero-order valence-electron chi connectivity index (χ0n) is 16.7. The van der Waals surface area contributed by atoms with Gasteiger partial charge in [0.1, 0.15) is 23.4 Å². The first-order valence-corrected chi connectivity index (χ1v) is 9.23. The van der Waals surface area contributed by atoms with E-state index in [1.165, 1.54) is 19.4 Å². The summed E-state index contributed by atoms with van der Waals surface area (Å²) in [5, 5.41) is 17.6. The molecule has 0 bridgehead atoms. The van der Waals surface area contributed by atoms with Crippen LogP contribution in [0.2, 0.25) is 0 Å². The minimum Gasteiger partial charge on any atom is -0.497 e. The lowest BCUT2D eigenvalue weighted by atomic mass is 10.1. The number of anilines is 2. The number of nitrogens with one attached hydrogen (secondary N) is 1. The fourth-order valence-electron chi connectivity index (χ4n) is 3.28. The van der Waals surface area contributed by atoms with Gasteiger partial charge < -0.3 is 19.6 Å². The Bertz CT molecular complexity index is 1210. The summed E-state index contributed by atoms with van der Waals surface area (Å²) in [7, 11) is 1.49. The number of methoxy groups -OCH3 is 1. The monoisotopic (exact) mass is 404 g/mol. The van der Waals surface area contributed by atoms with Gasteiger partial charge in [-0.25, -0.2) is 14.5 Å². The Morgan fingerprint density at radius 1 is 1.20 bits per heavy atom. The first-order valence-electron chi connectivity index (χ1n) is 9.23. The van der Waals surface area contributed by atoms with Gasteiger partial charge in [0.2, 0.25) is 5.89 Å². The van der Waals surface area contributed by atoms with Gasteiger partial charge in [0.05, 0.1) is 35.9 Å². The molecule has 0 aliphatic heterocycles. The number of carboxylic acids is 1. The van der Waals surface area contributed by atoms with Crippen molar-refractivity contribution in [3.8, 4) is 22.9 Å². The number of aromatic nitrogens is 3. The normalized spacial score (nSPS) is 10.8. The number of nitrogens with zero attached hydrogens (tertiary/aromatic N) is 3. The predicted molar refractivity (Wildman–Crippen MR) is 112 cm³/mol. The predicted octanol–water partition coefficient (Wildman–Crippen LogP) is 4.59. The molecule has 30 heavy (non-hydrogen) atoms. The Labute approximate surface area is 172 Å². The van der Waals surface area contributed by atoms with Crippen LogP contribution in [0.4, 0.5) is 11.5 Å². The highest BCUT2D eigenvalue weighted by Gasteiger charge is 2.23. The van der Waals surface area contributed by atoms with Crippen molar-refractivity contribution in [2.24, 2.45) is 0 Å². The number of hydrogen-bond acceptors (Lipinski definition) is 6. The first kappa shape index (κ1) is 19.3. The van der Waals surface area contributed by atoms with Crippen molar-refractivity contribution in [3.05, 3.63) is 71.7 Å². The lowest BCUT2D eigenvalue weighted by molar-refractivity contribution is 0.0697. The lowest BCUT2D eigenvalue weighted by Crippen LogP contribution is -2.08. The first-order chi connectivity index (χ1) is 14.5. The van der Waals surface area contributed by atoms with E-state index in [0.717, 1.165) is 11.3 Å². The second-order valence-electron chi connectivity index (χ2n) is 6.69. The zero-order valence-corrected chi connectivity index (χ0v) is 16.7. The van der Waals surface area contributed by atoms with Crippen molar-refractivity contribution in [2.45, 2.75) is 13.8 Å². The largest absolute Gasteiger partial charge is 0.497 e. The topological polar surface area (TPSA) is 102 Å². The summed E-state index contributed by atoms with van der Waals surface area (Å²) in [5.74, 6) is 0.319. The maximum atomic E-state index is 11.9. The van der Waals surface area contributed by atoms with E-state index < -0.39 is 5.97 Å². The number of carbonyl (C=O) groups is 1. The molecule has 2 aromatic heterocycles. The Kier molecular flexibility index (Phi) is 4.97. The number of aromatic carboxylic acids is 1. The SMILES string of the molecule is COc1ccc(Nc2c(-c3ncco3)c(C)nn2-c2ccccc2C)c(C(=O)O)c1. The third kappa shape index (κ3) is 3.39. The van der Waals surface area contributed by atoms with Gasteiger partial charge in [-0.15, -0.1) is 0 Å². The second-order valence-corrected chi connectivity index (χ2v) is 6.69. The summed E-state index contributed by atoms with van der Waals surface area (Å²) in [6.45, 7) is 3.84. The summed E-state index contributed by atoms with van der Waals surface area (Å²) in [5.41, 5.74) is 3.67. The Hall–Kier alpha value is -4.07. The third-order valence-electron chi connectivity index (χ3n) is 4.76. The zero-order chi connectivity index (χ0) is 21.3. The van der Waals surface area contributed by atoms with E-state index in [-0.39, 0.29) is 5.56 Å². The summed E-state index contributed by atoms with van der Waals surface area (Å²) in [4.78, 5) is 16.1. The molecule has 2 N–H and O–H groups in total. The molecule has 0 unspecified atom stereocenters. The number of ether oxygens (including phenoxy) is 1. The van der Waals surface area contributed by atoms with Crippen molar-refractivity contribution in [2.75, 3.05) is 12.4 Å². The summed E-state index contributed by atoms with van der Waals surface area (Å²) in [6, 6.07) is 12.6. The maximum absolute atomic E-state index is 11.9. The highest BCUT2D eigenvalue weighted by atomic mass is 16.5. The maximum Gasteiger partial charge on any atom is 0.337 e. The molecular weight excluding hydrogens is 384 g/mol. The van der Waals surface area contributed by atoms with E-state index in [9.17, 15) is 9.90 Å². The van der Waals surface area contributed by atoms with Crippen LogP contribution in [0.25, 0.3) is 17.1 Å². The van der Waals surface area contributed by atoms with E-state index in [1.807, 2.05) is 38.1 Å². The van der Waals surface area contributed by atoms with E-state index in [2.05, 4.69) is 15.4 Å². The molecule has 0 saturated carbocycles. The second kappa shape index (κ2) is 7.75. The highest BCUT2D eigenvalue weighted by molar-refractivity contribution is 5.96. The van der Waals surface area contributed by atoms with Crippen LogP contribution in [-0.4, -0.2) is 33.0 Å². The van der Waals surface area contributed by atoms with Gasteiger partial charge in [-0.3, -0.25) is 0 Å². The minimum absolute atomic E-state index is 0.0721. The van der Waals surface area contributed by atoms with Crippen LogP contribution in [0.5, 0.6) is 5.75 Å². The van der Waals surface area contributed by atoms with Crippen LogP contribution in [0.3, 0.4) is 0 Å². The molecule has 4 rings (SSSR count). The van der Waals surface area contributed by atoms with Gasteiger partial charge in [-0.2, -0.15) is 5.10 Å². The highest BCUT2D eigenvalue weighted by Crippen LogP contribution is 2.36. The fraction of sp³-hybridized carbons (Fsp3) is 0.136. The van der Waals surface area contributed by atoms with E-state index in [0.29, 0.717) is 34.4 Å². The Balaban J connectivity index is 1.93. The minimum atomic E-state index is -1.08. The average molecular weight is 404 g/mol. The molecule has 0 aliphatic rings. The molecule has 4 aromatic rings. The van der Waals surface area contributed by atoms with E-state index in [4.69, 9.17) is 9.15 Å². The van der Waals surface area contributed by atoms with Crippen molar-refractivity contribution in [1.82, 2.24) is 14.8 Å². The van der Waals surface area contributed by atoms with E-state index in [1.54, 1.807) is 23.0 Å². The summed E-state index contributed by atoms with van der Waals surface area (Å²) >= 11 is 0. The molecule has 0 saturated heterocycles. The number of hydrogen-bond donors (Lipinski definition) is 2. The molecular formula is C22H20N4O4. The smallest absolute Gasteiger partial charge is 0.337 e. The Morgan fingerprint density at radius 3 is 2.67 bits per heavy atom. The number of oxazole rings is 1. The molecule has 2 aromatic carbocycles. The van der Waals surface area contributed by atoms with Crippen molar-refractivity contribution in [3.63, 3.8) is 0 Å². The average Bonchev–Trinajstić information content (AvgIpc) is 3.36. The molecule has 0 fully saturated rings. The van der Waals surface area contributed by atoms with Gasteiger partial charge in [0.25, 0.3) is 0 Å². The lowest BCUT2D eigenvalue weighted by Gasteiger charge is -2.15. The number of benzene rings is 2. The molecule has 152 valence electrons. The number of para-hydroxylation sites is 1. The van der Waals surface area contributed by atoms with Gasteiger partial charge in [-0.1, -0.05) is 18.2 Å². The van der Waals surface area contributed by atoms with Gasteiger partial charge in [-0.05, 0) is 43.7 Å². The quantitative estimate of drug-likeness (QED) is 0.484. The standard InChI is InChI=1S/C22H20N4O4/c1-13-6-4-5-7-18(13)26-20(19(14(2)25-26)21-23-10-11-30-21)24-17-9-8-15(29-3)12-16(17)22(27)28/h4-12,24H,1-3H3,(H,27,28). The molecule has 0 radical (unpaired) electrons. The molecule has 8 heteroatoms. The molecule has 8 nitrogen and oxygen atoms in total. The third-order valence-corrected chi connectivity index (χ3v) is 4.76. The van der Waals surface area contributed by atoms with E-state index >= 15 is 0 Å². The van der Waals surface area contributed by atoms with Crippen LogP contribution in [-0.2, 0) is 0 Å². The summed E-state index contributed by atoms with van der Waals surface area (Å²) in [6.07, 6.45) is 3.04. The van der Waals surface area contributed by atoms with Crippen molar-refractivity contribution >= 4 is 17.5 Å². The fourth-order valence-corrected chi connectivity index (χ4v) is 3.28. The molecule has 0 amide bonds. The molecule has 0 aliphatic carbocycles. The molecule has 2 heterocycles. The van der Waals surface area contributed by atoms with Gasteiger partial charge in [0, 0.05) is 0 Å². The van der Waals surface area contributed by atoms with Crippen molar-refractivity contribution in [1.29, 1.82) is 0 Å². The Morgan fingerprint density at radius 2 is 2.00 bits per heavy atom. The molecule has 0 atom stereocenters. The van der Waals surface area contributed by atoms with Crippen molar-refractivity contribution < 1.29 is 19.1 Å². The van der Waals surface area contributed by atoms with Gasteiger partial charge in [0.15, 0.2) is 0 Å². The summed E-state index contributed by atoms with van der Waals surface area (Å²) < 4.78 is 12.4. The van der Waals surface area contributed by atoms with Gasteiger partial charge >= 0.3 is 5.97 Å². The number of carboxylic acid groups (broad SMARTS) is 1. The van der Waals surface area contributed by atoms with Crippen LogP contribution in [0, 0.1) is 13.8 Å². The van der Waals surface area contributed by atoms with Crippen LogP contribution in [0.15, 0.2) is 59.3 Å².